The van der Waals surface area contributed by atoms with E-state index in [1.54, 1.807) is 25.3 Å². The van der Waals surface area contributed by atoms with Crippen molar-refractivity contribution in [1.82, 2.24) is 10.1 Å². The Hall–Kier alpha value is -3.39. The second kappa shape index (κ2) is 13.8. The van der Waals surface area contributed by atoms with Crippen molar-refractivity contribution in [3.8, 4) is 0 Å². The molecule has 0 saturated heterocycles. The van der Waals surface area contributed by atoms with Crippen LogP contribution in [0.15, 0.2) is 82.0 Å². The Balaban J connectivity index is 1.87. The molecule has 1 unspecified atom stereocenters. The maximum atomic E-state index is 14.1. The first-order valence-corrected chi connectivity index (χ1v) is 13.9. The number of fused-ring (bicyclic) bond motifs is 1. The number of halogens is 1. The van der Waals surface area contributed by atoms with Crippen LogP contribution >= 0.6 is 11.6 Å². The number of aryl methyl sites for hydroxylation is 1. The molecular weight excluding hydrogens is 523 g/mol. The Morgan fingerprint density at radius 3 is 2.48 bits per heavy atom. The number of hydrogen-bond acceptors (Lipinski definition) is 5. The minimum Gasteiger partial charge on any atom is -0.458 e. The zero-order valence-electron chi connectivity index (χ0n) is 23.4. The van der Waals surface area contributed by atoms with E-state index in [2.05, 4.69) is 5.23 Å². The summed E-state index contributed by atoms with van der Waals surface area (Å²) in [6, 6.07) is 22.0. The molecule has 0 bridgehead atoms. The molecule has 1 radical (unpaired) electrons. The first-order chi connectivity index (χ1) is 19.3. The third kappa shape index (κ3) is 7.03. The second-order valence-corrected chi connectivity index (χ2v) is 10.7. The summed E-state index contributed by atoms with van der Waals surface area (Å²) in [7, 11) is 3.10. The molecule has 0 spiro atoms. The topological polar surface area (TPSA) is 71.8 Å². The van der Waals surface area contributed by atoms with Crippen LogP contribution in [0.3, 0.4) is 0 Å². The molecule has 1 amide bonds. The molecule has 1 atom stereocenters. The molecular formula is C32H35BClN2O4. The molecule has 4 rings (SSSR count). The maximum absolute atomic E-state index is 14.1. The molecule has 0 aliphatic rings. The van der Waals surface area contributed by atoms with Gasteiger partial charge in [-0.3, -0.25) is 9.59 Å². The molecule has 0 saturated carbocycles. The second-order valence-electron chi connectivity index (χ2n) is 10.3. The zero-order valence-corrected chi connectivity index (χ0v) is 24.2. The number of benzene rings is 3. The lowest BCUT2D eigenvalue weighted by Gasteiger charge is -2.35. The van der Waals surface area contributed by atoms with Crippen molar-refractivity contribution in [1.29, 1.82) is 0 Å². The fourth-order valence-electron chi connectivity index (χ4n) is 4.96. The van der Waals surface area contributed by atoms with Crippen molar-refractivity contribution in [3.05, 3.63) is 116 Å². The van der Waals surface area contributed by atoms with Crippen LogP contribution in [0.1, 0.15) is 59.1 Å². The summed E-state index contributed by atoms with van der Waals surface area (Å²) in [5.74, 6) is 0.326. The van der Waals surface area contributed by atoms with Crippen molar-refractivity contribution in [2.24, 2.45) is 5.92 Å². The number of amides is 1. The molecule has 0 fully saturated rings. The van der Waals surface area contributed by atoms with Gasteiger partial charge in [0.2, 0.25) is 0 Å². The van der Waals surface area contributed by atoms with Gasteiger partial charge >= 0.3 is 7.62 Å². The van der Waals surface area contributed by atoms with Crippen LogP contribution in [0, 0.1) is 12.8 Å². The van der Waals surface area contributed by atoms with E-state index in [4.69, 9.17) is 20.7 Å². The van der Waals surface area contributed by atoms with Crippen molar-refractivity contribution in [2.75, 3.05) is 20.2 Å². The van der Waals surface area contributed by atoms with Crippen LogP contribution < -0.4 is 10.7 Å². The maximum Gasteiger partial charge on any atom is 0.395 e. The van der Waals surface area contributed by atoms with Gasteiger partial charge in [0.25, 0.3) is 5.91 Å². The number of nitrogens with one attached hydrogen (secondary N) is 1. The molecule has 1 aromatic heterocycles. The summed E-state index contributed by atoms with van der Waals surface area (Å²) in [6.45, 7) is 7.15. The number of carbonyl (C=O) groups excluding carboxylic acids is 1. The van der Waals surface area contributed by atoms with Gasteiger partial charge in [0.1, 0.15) is 11.3 Å². The molecule has 3 aromatic carbocycles. The molecule has 40 heavy (non-hydrogen) atoms. The van der Waals surface area contributed by atoms with Gasteiger partial charge in [0.05, 0.1) is 11.4 Å². The Morgan fingerprint density at radius 1 is 1.07 bits per heavy atom. The van der Waals surface area contributed by atoms with E-state index < -0.39 is 6.04 Å². The number of hydrogen-bond donors (Lipinski definition) is 1. The summed E-state index contributed by atoms with van der Waals surface area (Å²) in [5.41, 5.74) is 3.50. The van der Waals surface area contributed by atoms with Gasteiger partial charge in [0.15, 0.2) is 5.43 Å². The van der Waals surface area contributed by atoms with Crippen molar-refractivity contribution in [2.45, 2.75) is 39.7 Å². The van der Waals surface area contributed by atoms with Gasteiger partial charge < -0.3 is 19.2 Å². The van der Waals surface area contributed by atoms with E-state index in [1.807, 2.05) is 80.3 Å². The number of carbonyl (C=O) groups is 1. The highest BCUT2D eigenvalue weighted by Gasteiger charge is 2.33. The highest BCUT2D eigenvalue weighted by molar-refractivity contribution is 6.31. The van der Waals surface area contributed by atoms with Crippen LogP contribution in [0.4, 0.5) is 0 Å². The van der Waals surface area contributed by atoms with E-state index in [0.29, 0.717) is 58.8 Å². The minimum absolute atomic E-state index is 0.0535. The highest BCUT2D eigenvalue weighted by atomic mass is 35.5. The summed E-state index contributed by atoms with van der Waals surface area (Å²) < 4.78 is 11.6. The third-order valence-electron chi connectivity index (χ3n) is 6.92. The highest BCUT2D eigenvalue weighted by Crippen LogP contribution is 2.35. The Labute approximate surface area is 241 Å². The molecule has 1 heterocycles. The summed E-state index contributed by atoms with van der Waals surface area (Å²) >= 11 is 6.30. The van der Waals surface area contributed by atoms with Crippen molar-refractivity contribution < 1.29 is 13.9 Å². The lowest BCUT2D eigenvalue weighted by molar-refractivity contribution is 0.0586. The molecule has 4 aromatic rings. The lowest BCUT2D eigenvalue weighted by Crippen LogP contribution is -2.40. The van der Waals surface area contributed by atoms with Crippen LogP contribution in [-0.4, -0.2) is 38.6 Å². The first kappa shape index (κ1) is 29.6. The summed E-state index contributed by atoms with van der Waals surface area (Å²) in [4.78, 5) is 29.9. The molecule has 8 heteroatoms. The Kier molecular flexibility index (Phi) is 10.2. The molecule has 0 aliphatic carbocycles. The van der Waals surface area contributed by atoms with E-state index in [1.165, 1.54) is 7.62 Å². The number of rotatable bonds is 12. The number of nitrogens with zero attached hydrogens (tertiary/aromatic N) is 1. The van der Waals surface area contributed by atoms with Gasteiger partial charge in [-0.1, -0.05) is 73.5 Å². The third-order valence-corrected chi connectivity index (χ3v) is 7.16. The molecule has 0 aliphatic heterocycles. The smallest absolute Gasteiger partial charge is 0.395 e. The standard InChI is InChI=1S/C32H35BClN2O4/c1-21(2)29(36(18-8-17-35-33-39-4)32(38)24-13-11-22(3)12-14-24)31-27(19-23-9-6-5-7-10-23)30(37)26-16-15-25(34)20-28(26)40-31/h5-7,9-16,20-21,29,35H,8,17-19H2,1-4H3. The fraction of sp³-hybridized carbons (Fsp3) is 0.312. The van der Waals surface area contributed by atoms with E-state index >= 15 is 0 Å². The van der Waals surface area contributed by atoms with E-state index in [9.17, 15) is 9.59 Å². The predicted octanol–water partition coefficient (Wildman–Crippen LogP) is 6.35. The fourth-order valence-corrected chi connectivity index (χ4v) is 5.12. The molecule has 6 nitrogen and oxygen atoms in total. The van der Waals surface area contributed by atoms with Gasteiger partial charge in [-0.2, -0.15) is 0 Å². The average Bonchev–Trinajstić information content (AvgIpc) is 2.94. The van der Waals surface area contributed by atoms with Crippen LogP contribution in [0.2, 0.25) is 5.02 Å². The average molecular weight is 558 g/mol. The zero-order chi connectivity index (χ0) is 28.6. The van der Waals surface area contributed by atoms with Crippen molar-refractivity contribution in [3.63, 3.8) is 0 Å². The minimum atomic E-state index is -0.491. The Bertz CT molecular complexity index is 1490. The van der Waals surface area contributed by atoms with Crippen molar-refractivity contribution >= 4 is 36.1 Å². The largest absolute Gasteiger partial charge is 0.458 e. The molecule has 1 N–H and O–H groups in total. The van der Waals surface area contributed by atoms with Crippen LogP contribution in [0.5, 0.6) is 0 Å². The lowest BCUT2D eigenvalue weighted by atomic mass is 9.91. The predicted molar refractivity (Wildman–Crippen MR) is 162 cm³/mol. The SMILES string of the molecule is CO[B]NCCCN(C(=O)c1ccc(C)cc1)C(c1oc2cc(Cl)ccc2c(=O)c1Cc1ccccc1)C(C)C. The van der Waals surface area contributed by atoms with Crippen LogP contribution in [0.25, 0.3) is 11.0 Å². The monoisotopic (exact) mass is 557 g/mol. The van der Waals surface area contributed by atoms with Gasteiger partial charge in [-0.25, -0.2) is 0 Å². The van der Waals surface area contributed by atoms with Gasteiger partial charge in [0, 0.05) is 42.3 Å². The first-order valence-electron chi connectivity index (χ1n) is 13.5. The quantitative estimate of drug-likeness (QED) is 0.162. The van der Waals surface area contributed by atoms with E-state index in [-0.39, 0.29) is 17.3 Å². The van der Waals surface area contributed by atoms with Crippen LogP contribution in [-0.2, 0) is 11.1 Å². The summed E-state index contributed by atoms with van der Waals surface area (Å²) in [5, 5.41) is 4.04. The summed E-state index contributed by atoms with van der Waals surface area (Å²) in [6.07, 6.45) is 1.05. The van der Waals surface area contributed by atoms with Gasteiger partial charge in [-0.15, -0.1) is 0 Å². The van der Waals surface area contributed by atoms with E-state index in [0.717, 1.165) is 11.1 Å². The molecule has 207 valence electrons. The van der Waals surface area contributed by atoms with Gasteiger partial charge in [-0.05, 0) is 55.6 Å². The Morgan fingerprint density at radius 2 is 1.80 bits per heavy atom. The normalized spacial score (nSPS) is 12.1.